The number of rotatable bonds is 2. The number of benzene rings is 1. The van der Waals surface area contributed by atoms with Crippen molar-refractivity contribution in [3.63, 3.8) is 0 Å². The van der Waals surface area contributed by atoms with Crippen molar-refractivity contribution in [3.8, 4) is 0 Å². The Bertz CT molecular complexity index is 273. The number of hydrogen-bond donors (Lipinski definition) is 1. The van der Waals surface area contributed by atoms with E-state index in [1.165, 1.54) is 12.0 Å². The van der Waals surface area contributed by atoms with Gasteiger partial charge < -0.3 is 5.73 Å². The average Bonchev–Trinajstić information content (AvgIpc) is 2.81. The smallest absolute Gasteiger partial charge is 0.00171 e. The van der Waals surface area contributed by atoms with Crippen LogP contribution < -0.4 is 5.73 Å². The zero-order valence-corrected chi connectivity index (χ0v) is 8.68. The van der Waals surface area contributed by atoms with E-state index in [4.69, 9.17) is 5.73 Å². The molecule has 1 aliphatic rings. The molecule has 0 unspecified atom stereocenters. The predicted molar refractivity (Wildman–Crippen MR) is 58.2 cm³/mol. The molecule has 0 saturated heterocycles. The standard InChI is InChI=1S/C11H15N.ClH/c1-11(8-12)7-10(11)9-5-3-2-4-6-9;/h2-6,10H,7-8,12H2,1H3;1H/t10-,11-;/m0./s1. The van der Waals surface area contributed by atoms with Gasteiger partial charge in [-0.15, -0.1) is 12.4 Å². The van der Waals surface area contributed by atoms with Gasteiger partial charge in [-0.25, -0.2) is 0 Å². The minimum absolute atomic E-state index is 0. The van der Waals surface area contributed by atoms with Crippen LogP contribution in [-0.2, 0) is 0 Å². The fourth-order valence-corrected chi connectivity index (χ4v) is 1.84. The van der Waals surface area contributed by atoms with Gasteiger partial charge in [0.05, 0.1) is 0 Å². The summed E-state index contributed by atoms with van der Waals surface area (Å²) in [5.74, 6) is 0.712. The van der Waals surface area contributed by atoms with Gasteiger partial charge in [-0.1, -0.05) is 37.3 Å². The lowest BCUT2D eigenvalue weighted by molar-refractivity contribution is 0.564. The van der Waals surface area contributed by atoms with Gasteiger partial charge in [0.1, 0.15) is 0 Å². The molecule has 0 amide bonds. The molecule has 1 aromatic rings. The second-order valence-electron chi connectivity index (χ2n) is 4.03. The van der Waals surface area contributed by atoms with Crippen molar-refractivity contribution in [1.29, 1.82) is 0 Å². The summed E-state index contributed by atoms with van der Waals surface area (Å²) in [6.07, 6.45) is 1.26. The first kappa shape index (κ1) is 10.6. The van der Waals surface area contributed by atoms with E-state index < -0.39 is 0 Å². The Kier molecular flexibility index (Phi) is 2.99. The van der Waals surface area contributed by atoms with E-state index >= 15 is 0 Å². The van der Waals surface area contributed by atoms with Crippen LogP contribution in [0.3, 0.4) is 0 Å². The molecule has 2 N–H and O–H groups in total. The molecule has 0 radical (unpaired) electrons. The molecule has 0 spiro atoms. The van der Waals surface area contributed by atoms with Crippen LogP contribution in [-0.4, -0.2) is 6.54 Å². The fourth-order valence-electron chi connectivity index (χ4n) is 1.84. The normalized spacial score (nSPS) is 30.8. The Morgan fingerprint density at radius 1 is 1.38 bits per heavy atom. The molecule has 1 aliphatic carbocycles. The Labute approximate surface area is 85.7 Å². The third-order valence-corrected chi connectivity index (χ3v) is 3.02. The molecule has 0 aliphatic heterocycles. The summed E-state index contributed by atoms with van der Waals surface area (Å²) in [6, 6.07) is 10.7. The Balaban J connectivity index is 0.000000845. The van der Waals surface area contributed by atoms with E-state index in [1.807, 2.05) is 0 Å². The maximum Gasteiger partial charge on any atom is -0.00171 e. The highest BCUT2D eigenvalue weighted by atomic mass is 35.5. The largest absolute Gasteiger partial charge is 0.330 e. The van der Waals surface area contributed by atoms with E-state index in [9.17, 15) is 0 Å². The van der Waals surface area contributed by atoms with Crippen LogP contribution in [0.5, 0.6) is 0 Å². The summed E-state index contributed by atoms with van der Waals surface area (Å²) in [6.45, 7) is 3.08. The molecule has 2 atom stereocenters. The third-order valence-electron chi connectivity index (χ3n) is 3.02. The van der Waals surface area contributed by atoms with Crippen LogP contribution in [0.2, 0.25) is 0 Å². The molecule has 0 bridgehead atoms. The van der Waals surface area contributed by atoms with Gasteiger partial charge in [-0.3, -0.25) is 0 Å². The van der Waals surface area contributed by atoms with Gasteiger partial charge in [-0.2, -0.15) is 0 Å². The molecule has 2 rings (SSSR count). The van der Waals surface area contributed by atoms with Crippen LogP contribution in [0.15, 0.2) is 30.3 Å². The maximum atomic E-state index is 5.70. The van der Waals surface area contributed by atoms with Crippen LogP contribution in [0, 0.1) is 5.41 Å². The molecule has 1 aromatic carbocycles. The lowest BCUT2D eigenvalue weighted by atomic mass is 10.0. The van der Waals surface area contributed by atoms with E-state index in [-0.39, 0.29) is 12.4 Å². The molecule has 1 nitrogen and oxygen atoms in total. The van der Waals surface area contributed by atoms with Crippen molar-refractivity contribution in [2.24, 2.45) is 11.1 Å². The predicted octanol–water partition coefficient (Wildman–Crippen LogP) is 2.56. The molecule has 1 saturated carbocycles. The topological polar surface area (TPSA) is 26.0 Å². The van der Waals surface area contributed by atoms with Crippen LogP contribution >= 0.6 is 12.4 Å². The second-order valence-corrected chi connectivity index (χ2v) is 4.03. The van der Waals surface area contributed by atoms with Crippen LogP contribution in [0.4, 0.5) is 0 Å². The second kappa shape index (κ2) is 3.69. The van der Waals surface area contributed by atoms with E-state index in [0.717, 1.165) is 6.54 Å². The van der Waals surface area contributed by atoms with Gasteiger partial charge in [0.25, 0.3) is 0 Å². The molecule has 0 heterocycles. The zero-order valence-electron chi connectivity index (χ0n) is 7.86. The fraction of sp³-hybridized carbons (Fsp3) is 0.455. The third kappa shape index (κ3) is 1.87. The highest BCUT2D eigenvalue weighted by Gasteiger charge is 2.49. The van der Waals surface area contributed by atoms with Crippen molar-refractivity contribution >= 4 is 12.4 Å². The Hall–Kier alpha value is -0.530. The quantitative estimate of drug-likeness (QED) is 0.775. The van der Waals surface area contributed by atoms with Gasteiger partial charge in [0.2, 0.25) is 0 Å². The monoisotopic (exact) mass is 197 g/mol. The first-order valence-corrected chi connectivity index (χ1v) is 4.51. The van der Waals surface area contributed by atoms with Crippen molar-refractivity contribution in [2.45, 2.75) is 19.3 Å². The van der Waals surface area contributed by atoms with Gasteiger partial charge in [-0.05, 0) is 29.9 Å². The van der Waals surface area contributed by atoms with Crippen molar-refractivity contribution in [3.05, 3.63) is 35.9 Å². The summed E-state index contributed by atoms with van der Waals surface area (Å²) in [4.78, 5) is 0. The Morgan fingerprint density at radius 3 is 2.46 bits per heavy atom. The van der Waals surface area contributed by atoms with Crippen molar-refractivity contribution < 1.29 is 0 Å². The Morgan fingerprint density at radius 2 is 2.00 bits per heavy atom. The van der Waals surface area contributed by atoms with Gasteiger partial charge in [0, 0.05) is 0 Å². The molecule has 2 heteroatoms. The van der Waals surface area contributed by atoms with E-state index in [0.29, 0.717) is 11.3 Å². The summed E-state index contributed by atoms with van der Waals surface area (Å²) in [5, 5.41) is 0. The molecular formula is C11H16ClN. The molecule has 0 aromatic heterocycles. The number of hydrogen-bond acceptors (Lipinski definition) is 1. The minimum atomic E-state index is 0. The summed E-state index contributed by atoms with van der Waals surface area (Å²) in [5.41, 5.74) is 7.54. The zero-order chi connectivity index (χ0) is 8.60. The van der Waals surface area contributed by atoms with Gasteiger partial charge in [0.15, 0.2) is 0 Å². The first-order valence-electron chi connectivity index (χ1n) is 4.51. The summed E-state index contributed by atoms with van der Waals surface area (Å²) >= 11 is 0. The van der Waals surface area contributed by atoms with Crippen molar-refractivity contribution in [1.82, 2.24) is 0 Å². The molecular weight excluding hydrogens is 182 g/mol. The lowest BCUT2D eigenvalue weighted by Crippen LogP contribution is -2.13. The minimum Gasteiger partial charge on any atom is -0.330 e. The highest BCUT2D eigenvalue weighted by Crippen LogP contribution is 2.58. The molecule has 1 fully saturated rings. The molecule has 72 valence electrons. The summed E-state index contributed by atoms with van der Waals surface area (Å²) in [7, 11) is 0. The van der Waals surface area contributed by atoms with Crippen LogP contribution in [0.25, 0.3) is 0 Å². The summed E-state index contributed by atoms with van der Waals surface area (Å²) < 4.78 is 0. The van der Waals surface area contributed by atoms with Crippen molar-refractivity contribution in [2.75, 3.05) is 6.54 Å². The van der Waals surface area contributed by atoms with E-state index in [2.05, 4.69) is 37.3 Å². The number of nitrogens with two attached hydrogens (primary N) is 1. The lowest BCUT2D eigenvalue weighted by Gasteiger charge is -2.06. The highest BCUT2D eigenvalue weighted by molar-refractivity contribution is 5.85. The number of halogens is 1. The SMILES string of the molecule is C[C@@]1(CN)C[C@H]1c1ccccc1.Cl. The first-order chi connectivity index (χ1) is 5.76. The van der Waals surface area contributed by atoms with E-state index in [1.54, 1.807) is 0 Å². The average molecular weight is 198 g/mol. The molecule has 13 heavy (non-hydrogen) atoms. The maximum absolute atomic E-state index is 5.70. The van der Waals surface area contributed by atoms with Crippen LogP contribution in [0.1, 0.15) is 24.8 Å². The van der Waals surface area contributed by atoms with Gasteiger partial charge >= 0.3 is 0 Å².